The van der Waals surface area contributed by atoms with Crippen molar-refractivity contribution in [2.45, 2.75) is 59.4 Å². The molecule has 1 saturated heterocycles. The highest BCUT2D eigenvalue weighted by atomic mass is 16.5. The molecule has 1 unspecified atom stereocenters. The molecule has 0 saturated carbocycles. The van der Waals surface area contributed by atoms with E-state index in [1.165, 1.54) is 10.5 Å². The number of hydrogen-bond donors (Lipinski definition) is 1. The Balaban J connectivity index is 1.90. The molecule has 1 N–H and O–H groups in total. The van der Waals surface area contributed by atoms with Crippen molar-refractivity contribution < 1.29 is 19.1 Å². The van der Waals surface area contributed by atoms with Crippen molar-refractivity contribution in [1.29, 1.82) is 0 Å². The molecule has 198 valence electrons. The summed E-state index contributed by atoms with van der Waals surface area (Å²) in [6.07, 6.45) is 1.40. The first-order valence-corrected chi connectivity index (χ1v) is 13.2. The van der Waals surface area contributed by atoms with Gasteiger partial charge in [-0.1, -0.05) is 52.0 Å². The number of likely N-dealkylation sites (N-methyl/N-ethyl adjacent to an activating group) is 1. The van der Waals surface area contributed by atoms with Crippen molar-refractivity contribution in [3.63, 3.8) is 0 Å². The molecule has 8 nitrogen and oxygen atoms in total. The summed E-state index contributed by atoms with van der Waals surface area (Å²) < 4.78 is 5.46. The number of amides is 3. The molecule has 3 amide bonds. The van der Waals surface area contributed by atoms with Crippen LogP contribution in [0.2, 0.25) is 0 Å². The highest BCUT2D eigenvalue weighted by molar-refractivity contribution is 5.95. The zero-order chi connectivity index (χ0) is 26.4. The van der Waals surface area contributed by atoms with Crippen LogP contribution in [0.5, 0.6) is 0 Å². The largest absolute Gasteiger partial charge is 0.463 e. The first kappa shape index (κ1) is 27.7. The van der Waals surface area contributed by atoms with Crippen LogP contribution in [-0.2, 0) is 14.3 Å². The van der Waals surface area contributed by atoms with Crippen LogP contribution in [0.15, 0.2) is 35.5 Å². The minimum atomic E-state index is -0.583. The number of carbonyl (C=O) groups is 3. The molecule has 0 radical (unpaired) electrons. The van der Waals surface area contributed by atoms with E-state index in [9.17, 15) is 14.4 Å². The number of benzene rings is 1. The molecular formula is C28H42N4O4. The summed E-state index contributed by atoms with van der Waals surface area (Å²) in [4.78, 5) is 44.5. The van der Waals surface area contributed by atoms with Crippen molar-refractivity contribution in [2.75, 3.05) is 46.4 Å². The fraction of sp³-hybridized carbons (Fsp3) is 0.607. The van der Waals surface area contributed by atoms with Gasteiger partial charge in [-0.2, -0.15) is 0 Å². The molecule has 2 heterocycles. The van der Waals surface area contributed by atoms with Gasteiger partial charge in [0.15, 0.2) is 0 Å². The number of nitrogens with zero attached hydrogens (tertiary/aromatic N) is 3. The minimum Gasteiger partial charge on any atom is -0.463 e. The fourth-order valence-corrected chi connectivity index (χ4v) is 4.79. The fourth-order valence-electron chi connectivity index (χ4n) is 4.79. The van der Waals surface area contributed by atoms with Gasteiger partial charge in [-0.05, 0) is 36.3 Å². The SMILES string of the molecule is CCOC(=O)C1=C(CN2CCCN(C(=O)CC(C)C)CC2)N(C)C(=O)NC1c1ccc(C(C)C)cc1. The lowest BCUT2D eigenvalue weighted by atomic mass is 9.92. The molecule has 36 heavy (non-hydrogen) atoms. The molecule has 0 spiro atoms. The summed E-state index contributed by atoms with van der Waals surface area (Å²) in [5.74, 6) is 0.491. The Morgan fingerprint density at radius 3 is 2.36 bits per heavy atom. The summed E-state index contributed by atoms with van der Waals surface area (Å²) in [6.45, 7) is 13.7. The summed E-state index contributed by atoms with van der Waals surface area (Å²) in [5, 5.41) is 3.00. The maximum Gasteiger partial charge on any atom is 0.338 e. The van der Waals surface area contributed by atoms with E-state index >= 15 is 0 Å². The lowest BCUT2D eigenvalue weighted by Crippen LogP contribution is -2.49. The van der Waals surface area contributed by atoms with Crippen molar-refractivity contribution in [3.05, 3.63) is 46.7 Å². The highest BCUT2D eigenvalue weighted by Gasteiger charge is 2.37. The van der Waals surface area contributed by atoms with E-state index in [1.54, 1.807) is 14.0 Å². The third-order valence-corrected chi connectivity index (χ3v) is 6.91. The van der Waals surface area contributed by atoms with Crippen LogP contribution in [0.4, 0.5) is 4.79 Å². The smallest absolute Gasteiger partial charge is 0.338 e. The molecule has 8 heteroatoms. The van der Waals surface area contributed by atoms with Gasteiger partial charge in [-0.15, -0.1) is 0 Å². The van der Waals surface area contributed by atoms with Crippen molar-refractivity contribution in [3.8, 4) is 0 Å². The number of esters is 1. The Morgan fingerprint density at radius 2 is 1.75 bits per heavy atom. The van der Waals surface area contributed by atoms with Gasteiger partial charge in [0, 0.05) is 51.9 Å². The Kier molecular flexibility index (Phi) is 9.54. The Morgan fingerprint density at radius 1 is 1.06 bits per heavy atom. The van der Waals surface area contributed by atoms with Crippen LogP contribution in [0, 0.1) is 5.92 Å². The van der Waals surface area contributed by atoms with Crippen LogP contribution < -0.4 is 5.32 Å². The number of nitrogens with one attached hydrogen (secondary N) is 1. The average Bonchev–Trinajstić information content (AvgIpc) is 3.07. The van der Waals surface area contributed by atoms with Crippen LogP contribution in [0.3, 0.4) is 0 Å². The van der Waals surface area contributed by atoms with E-state index < -0.39 is 12.0 Å². The highest BCUT2D eigenvalue weighted by Crippen LogP contribution is 2.32. The van der Waals surface area contributed by atoms with Gasteiger partial charge in [0.2, 0.25) is 5.91 Å². The second-order valence-corrected chi connectivity index (χ2v) is 10.5. The Hall–Kier alpha value is -2.87. The molecule has 1 atom stereocenters. The summed E-state index contributed by atoms with van der Waals surface area (Å²) in [6, 6.07) is 7.22. The van der Waals surface area contributed by atoms with E-state index in [1.807, 2.05) is 29.2 Å². The average molecular weight is 499 g/mol. The first-order chi connectivity index (χ1) is 17.1. The Labute approximate surface area is 215 Å². The van der Waals surface area contributed by atoms with Crippen LogP contribution >= 0.6 is 0 Å². The quantitative estimate of drug-likeness (QED) is 0.550. The molecule has 0 aromatic heterocycles. The first-order valence-electron chi connectivity index (χ1n) is 13.2. The van der Waals surface area contributed by atoms with Gasteiger partial charge in [-0.25, -0.2) is 9.59 Å². The summed E-state index contributed by atoms with van der Waals surface area (Å²) >= 11 is 0. The monoisotopic (exact) mass is 498 g/mol. The van der Waals surface area contributed by atoms with Gasteiger partial charge in [0.05, 0.1) is 18.2 Å². The van der Waals surface area contributed by atoms with Crippen LogP contribution in [-0.4, -0.2) is 79.0 Å². The lowest BCUT2D eigenvalue weighted by molar-refractivity contribution is -0.139. The van der Waals surface area contributed by atoms with Gasteiger partial charge in [0.25, 0.3) is 0 Å². The number of ether oxygens (including phenoxy) is 1. The molecule has 1 aromatic rings. The lowest BCUT2D eigenvalue weighted by Gasteiger charge is -2.36. The molecule has 2 aliphatic rings. The van der Waals surface area contributed by atoms with E-state index in [2.05, 4.69) is 37.9 Å². The standard InChI is InChI=1S/C28H42N4O4/c1-7-36-27(34)25-23(18-31-13-8-14-32(16-15-31)24(33)17-19(2)3)30(6)28(35)29-26(25)22-11-9-21(10-12-22)20(4)5/h9-12,19-20,26H,7-8,13-18H2,1-6H3,(H,29,35). The molecule has 2 aliphatic heterocycles. The Bertz CT molecular complexity index is 970. The normalized spacial score (nSPS) is 19.6. The van der Waals surface area contributed by atoms with E-state index in [-0.39, 0.29) is 18.5 Å². The zero-order valence-corrected chi connectivity index (χ0v) is 22.7. The van der Waals surface area contributed by atoms with Gasteiger partial charge in [-0.3, -0.25) is 14.6 Å². The van der Waals surface area contributed by atoms with Gasteiger partial charge < -0.3 is 15.0 Å². The zero-order valence-electron chi connectivity index (χ0n) is 22.7. The molecule has 0 bridgehead atoms. The van der Waals surface area contributed by atoms with Crippen molar-refractivity contribution >= 4 is 17.9 Å². The summed E-state index contributed by atoms with van der Waals surface area (Å²) in [7, 11) is 1.69. The molecule has 1 fully saturated rings. The van der Waals surface area contributed by atoms with E-state index in [0.717, 1.165) is 25.1 Å². The third kappa shape index (κ3) is 6.66. The van der Waals surface area contributed by atoms with Crippen LogP contribution in [0.1, 0.15) is 70.5 Å². The number of hydrogen-bond acceptors (Lipinski definition) is 5. The van der Waals surface area contributed by atoms with Crippen molar-refractivity contribution in [1.82, 2.24) is 20.0 Å². The molecule has 3 rings (SSSR count). The summed E-state index contributed by atoms with van der Waals surface area (Å²) in [5.41, 5.74) is 3.16. The maximum absolute atomic E-state index is 13.2. The second kappa shape index (κ2) is 12.4. The number of carbonyl (C=O) groups excluding carboxylic acids is 3. The number of rotatable bonds is 8. The van der Waals surface area contributed by atoms with Gasteiger partial charge >= 0.3 is 12.0 Å². The molecule has 0 aliphatic carbocycles. The van der Waals surface area contributed by atoms with Crippen molar-refractivity contribution in [2.24, 2.45) is 5.92 Å². The van der Waals surface area contributed by atoms with E-state index in [4.69, 9.17) is 4.74 Å². The molecule has 1 aromatic carbocycles. The predicted octanol–water partition coefficient (Wildman–Crippen LogP) is 3.90. The maximum atomic E-state index is 13.2. The topological polar surface area (TPSA) is 82.2 Å². The molecular weight excluding hydrogens is 456 g/mol. The second-order valence-electron chi connectivity index (χ2n) is 10.5. The van der Waals surface area contributed by atoms with Gasteiger partial charge in [0.1, 0.15) is 0 Å². The number of urea groups is 1. The minimum absolute atomic E-state index is 0.192. The predicted molar refractivity (Wildman–Crippen MR) is 140 cm³/mol. The van der Waals surface area contributed by atoms with Crippen LogP contribution in [0.25, 0.3) is 0 Å². The third-order valence-electron chi connectivity index (χ3n) is 6.91. The van der Waals surface area contributed by atoms with E-state index in [0.29, 0.717) is 49.2 Å².